The van der Waals surface area contributed by atoms with Gasteiger partial charge in [0, 0.05) is 6.42 Å². The van der Waals surface area contributed by atoms with Gasteiger partial charge in [0.2, 0.25) is 0 Å². The highest BCUT2D eigenvalue weighted by Crippen LogP contribution is 2.16. The first-order valence-electron chi connectivity index (χ1n) is 6.56. The number of morpholine rings is 1. The van der Waals surface area contributed by atoms with Gasteiger partial charge < -0.3 is 19.1 Å². The molecule has 1 heterocycles. The first-order chi connectivity index (χ1) is 8.88. The highest BCUT2D eigenvalue weighted by molar-refractivity contribution is 5.31. The van der Waals surface area contributed by atoms with E-state index in [9.17, 15) is 0 Å². The number of methoxy groups -OCH3 is 1. The third kappa shape index (κ3) is 4.20. The second kappa shape index (κ2) is 7.24. The Labute approximate surface area is 108 Å². The largest absolute Gasteiger partial charge is 0.497 e. The van der Waals surface area contributed by atoms with E-state index >= 15 is 0 Å². The van der Waals surface area contributed by atoms with Crippen LogP contribution in [0.4, 0.5) is 0 Å². The molecule has 0 radical (unpaired) electrons. The molecule has 0 atom stereocenters. The fourth-order valence-corrected chi connectivity index (χ4v) is 2.09. The van der Waals surface area contributed by atoms with Crippen LogP contribution in [0.1, 0.15) is 6.42 Å². The van der Waals surface area contributed by atoms with Crippen molar-refractivity contribution in [1.82, 2.24) is 0 Å². The number of hydrogen-bond donors (Lipinski definition) is 1. The molecule has 1 aliphatic rings. The number of quaternary nitrogens is 1. The Balaban J connectivity index is 1.62. The number of rotatable bonds is 6. The van der Waals surface area contributed by atoms with Gasteiger partial charge in [0.25, 0.3) is 0 Å². The Morgan fingerprint density at radius 1 is 1.11 bits per heavy atom. The summed E-state index contributed by atoms with van der Waals surface area (Å²) < 4.78 is 16.1. The monoisotopic (exact) mass is 252 g/mol. The molecule has 1 aromatic carbocycles. The Bertz CT molecular complexity index is 333. The van der Waals surface area contributed by atoms with E-state index in [1.807, 2.05) is 24.3 Å². The minimum atomic E-state index is 0.774. The Morgan fingerprint density at radius 3 is 2.44 bits per heavy atom. The number of ether oxygens (including phenoxy) is 3. The Hall–Kier alpha value is -1.26. The van der Waals surface area contributed by atoms with Crippen LogP contribution in [0.25, 0.3) is 0 Å². The summed E-state index contributed by atoms with van der Waals surface area (Å²) in [6.45, 7) is 5.99. The van der Waals surface area contributed by atoms with Gasteiger partial charge in [-0.05, 0) is 24.3 Å². The lowest BCUT2D eigenvalue weighted by atomic mass is 10.3. The predicted molar refractivity (Wildman–Crippen MR) is 69.5 cm³/mol. The third-order valence-electron chi connectivity index (χ3n) is 3.20. The molecule has 0 saturated carbocycles. The van der Waals surface area contributed by atoms with E-state index in [-0.39, 0.29) is 0 Å². The van der Waals surface area contributed by atoms with Crippen molar-refractivity contribution in [2.24, 2.45) is 0 Å². The fraction of sp³-hybridized carbons (Fsp3) is 0.571. The zero-order chi connectivity index (χ0) is 12.6. The predicted octanol–water partition coefficient (Wildman–Crippen LogP) is 0.379. The zero-order valence-corrected chi connectivity index (χ0v) is 11.0. The summed E-state index contributed by atoms with van der Waals surface area (Å²) in [6, 6.07) is 7.73. The van der Waals surface area contributed by atoms with Gasteiger partial charge in [-0.2, -0.15) is 0 Å². The van der Waals surface area contributed by atoms with Gasteiger partial charge in [0.15, 0.2) is 0 Å². The van der Waals surface area contributed by atoms with Crippen LogP contribution in [0.5, 0.6) is 11.5 Å². The highest BCUT2D eigenvalue weighted by atomic mass is 16.5. The molecule has 0 spiro atoms. The molecule has 0 aliphatic carbocycles. The van der Waals surface area contributed by atoms with Crippen LogP contribution in [-0.4, -0.2) is 46.6 Å². The van der Waals surface area contributed by atoms with Crippen LogP contribution in [0.15, 0.2) is 24.3 Å². The first kappa shape index (κ1) is 13.2. The van der Waals surface area contributed by atoms with Crippen molar-refractivity contribution < 1.29 is 19.1 Å². The molecule has 1 N–H and O–H groups in total. The molecule has 0 amide bonds. The molecule has 1 saturated heterocycles. The maximum absolute atomic E-state index is 5.70. The van der Waals surface area contributed by atoms with E-state index < -0.39 is 0 Å². The summed E-state index contributed by atoms with van der Waals surface area (Å²) in [7, 11) is 1.67. The van der Waals surface area contributed by atoms with Crippen LogP contribution in [-0.2, 0) is 4.74 Å². The molecular weight excluding hydrogens is 230 g/mol. The van der Waals surface area contributed by atoms with Crippen molar-refractivity contribution in [1.29, 1.82) is 0 Å². The van der Waals surface area contributed by atoms with Crippen LogP contribution >= 0.6 is 0 Å². The summed E-state index contributed by atoms with van der Waals surface area (Å²) in [5, 5.41) is 0. The smallest absolute Gasteiger partial charge is 0.119 e. The van der Waals surface area contributed by atoms with Crippen molar-refractivity contribution in [3.05, 3.63) is 24.3 Å². The van der Waals surface area contributed by atoms with E-state index in [2.05, 4.69) is 0 Å². The second-order valence-electron chi connectivity index (χ2n) is 4.49. The van der Waals surface area contributed by atoms with E-state index in [0.717, 1.165) is 50.8 Å². The summed E-state index contributed by atoms with van der Waals surface area (Å²) in [4.78, 5) is 1.62. The lowest BCUT2D eigenvalue weighted by molar-refractivity contribution is -0.908. The van der Waals surface area contributed by atoms with Crippen molar-refractivity contribution in [2.75, 3.05) is 46.6 Å². The average molecular weight is 252 g/mol. The average Bonchev–Trinajstić information content (AvgIpc) is 2.45. The number of hydrogen-bond acceptors (Lipinski definition) is 3. The second-order valence-corrected chi connectivity index (χ2v) is 4.49. The number of benzene rings is 1. The molecule has 100 valence electrons. The summed E-state index contributed by atoms with van der Waals surface area (Å²) in [5.41, 5.74) is 0. The Kier molecular flexibility index (Phi) is 5.30. The van der Waals surface area contributed by atoms with Gasteiger partial charge in [0.05, 0.1) is 33.5 Å². The molecule has 1 fully saturated rings. The SMILES string of the molecule is COc1ccc(OCCC[NH+]2CCOCC2)cc1. The minimum Gasteiger partial charge on any atom is -0.497 e. The summed E-state index contributed by atoms with van der Waals surface area (Å²) in [5.74, 6) is 1.77. The molecule has 4 nitrogen and oxygen atoms in total. The fourth-order valence-electron chi connectivity index (χ4n) is 2.09. The molecule has 1 aromatic rings. The molecule has 0 unspecified atom stereocenters. The normalized spacial score (nSPS) is 16.5. The summed E-state index contributed by atoms with van der Waals surface area (Å²) in [6.07, 6.45) is 1.08. The van der Waals surface area contributed by atoms with E-state index in [1.54, 1.807) is 12.0 Å². The van der Waals surface area contributed by atoms with E-state index in [4.69, 9.17) is 14.2 Å². The van der Waals surface area contributed by atoms with Crippen LogP contribution in [0.2, 0.25) is 0 Å². The van der Waals surface area contributed by atoms with Crippen molar-refractivity contribution in [2.45, 2.75) is 6.42 Å². The van der Waals surface area contributed by atoms with Gasteiger partial charge in [-0.25, -0.2) is 0 Å². The molecule has 0 bridgehead atoms. The third-order valence-corrected chi connectivity index (χ3v) is 3.20. The van der Waals surface area contributed by atoms with Crippen molar-refractivity contribution in [3.8, 4) is 11.5 Å². The van der Waals surface area contributed by atoms with Gasteiger partial charge in [-0.3, -0.25) is 0 Å². The van der Waals surface area contributed by atoms with E-state index in [1.165, 1.54) is 6.54 Å². The molecule has 2 rings (SSSR count). The van der Waals surface area contributed by atoms with Gasteiger partial charge in [-0.1, -0.05) is 0 Å². The lowest BCUT2D eigenvalue weighted by Crippen LogP contribution is -3.14. The molecule has 4 heteroatoms. The first-order valence-corrected chi connectivity index (χ1v) is 6.56. The highest BCUT2D eigenvalue weighted by Gasteiger charge is 2.12. The standard InChI is InChI=1S/C14H21NO3/c1-16-13-3-5-14(6-4-13)18-10-2-7-15-8-11-17-12-9-15/h3-6H,2,7-12H2,1H3/p+1. The topological polar surface area (TPSA) is 32.1 Å². The molecule has 0 aromatic heterocycles. The molecule has 1 aliphatic heterocycles. The van der Waals surface area contributed by atoms with Crippen LogP contribution in [0.3, 0.4) is 0 Å². The zero-order valence-electron chi connectivity index (χ0n) is 11.0. The maximum Gasteiger partial charge on any atom is 0.119 e. The van der Waals surface area contributed by atoms with Crippen LogP contribution < -0.4 is 14.4 Å². The quantitative estimate of drug-likeness (QED) is 0.743. The van der Waals surface area contributed by atoms with E-state index in [0.29, 0.717) is 0 Å². The number of nitrogens with one attached hydrogen (secondary N) is 1. The summed E-state index contributed by atoms with van der Waals surface area (Å²) >= 11 is 0. The van der Waals surface area contributed by atoms with Crippen LogP contribution in [0, 0.1) is 0 Å². The Morgan fingerprint density at radius 2 is 1.78 bits per heavy atom. The van der Waals surface area contributed by atoms with Gasteiger partial charge in [-0.15, -0.1) is 0 Å². The van der Waals surface area contributed by atoms with Gasteiger partial charge in [0.1, 0.15) is 24.6 Å². The lowest BCUT2D eigenvalue weighted by Gasteiger charge is -2.23. The maximum atomic E-state index is 5.70. The van der Waals surface area contributed by atoms with Crippen molar-refractivity contribution >= 4 is 0 Å². The minimum absolute atomic E-state index is 0.774. The van der Waals surface area contributed by atoms with Crippen molar-refractivity contribution in [3.63, 3.8) is 0 Å². The van der Waals surface area contributed by atoms with Gasteiger partial charge >= 0.3 is 0 Å². The molecular formula is C14H22NO3+. The molecule has 18 heavy (non-hydrogen) atoms.